The normalized spacial score (nSPS) is 19.0. The molecule has 0 bridgehead atoms. The van der Waals surface area contributed by atoms with Crippen molar-refractivity contribution in [3.63, 3.8) is 0 Å². The monoisotopic (exact) mass is 510 g/mol. The Labute approximate surface area is 216 Å². The van der Waals surface area contributed by atoms with Crippen molar-refractivity contribution in [3.05, 3.63) is 75.9 Å². The first-order chi connectivity index (χ1) is 16.6. The fourth-order valence-corrected chi connectivity index (χ4v) is 7.65. The maximum Gasteiger partial charge on any atom is 0.349 e. The van der Waals surface area contributed by atoms with Gasteiger partial charge in [-0.25, -0.2) is 4.79 Å². The fraction of sp³-hybridized carbons (Fsp3) is 0.414. The molecule has 2 heterocycles. The number of ether oxygens (including phenoxy) is 1. The molecular weight excluding hydrogens is 476 g/mol. The van der Waals surface area contributed by atoms with E-state index in [0.717, 1.165) is 15.3 Å². The molecule has 1 aromatic heterocycles. The van der Waals surface area contributed by atoms with Crippen molar-refractivity contribution in [1.82, 2.24) is 0 Å². The van der Waals surface area contributed by atoms with Gasteiger partial charge >= 0.3 is 5.97 Å². The van der Waals surface area contributed by atoms with Gasteiger partial charge in [-0.2, -0.15) is 0 Å². The summed E-state index contributed by atoms with van der Waals surface area (Å²) in [6.45, 7) is 10.6. The molecule has 2 N–H and O–H groups in total. The molecule has 0 aliphatic carbocycles. The molecule has 2 aromatic carbocycles. The highest BCUT2D eigenvalue weighted by Crippen LogP contribution is 2.49. The lowest BCUT2D eigenvalue weighted by Crippen LogP contribution is -2.44. The van der Waals surface area contributed by atoms with Crippen LogP contribution < -0.4 is 0 Å². The van der Waals surface area contributed by atoms with Crippen LogP contribution in [-0.2, 0) is 28.0 Å². The first-order valence-electron chi connectivity index (χ1n) is 12.1. The third-order valence-corrected chi connectivity index (χ3v) is 9.34. The maximum absolute atomic E-state index is 13.3. The number of aliphatic hydroxyl groups excluding tert-OH is 2. The second-order valence-electron chi connectivity index (χ2n) is 10.6. The Morgan fingerprint density at radius 2 is 1.74 bits per heavy atom. The van der Waals surface area contributed by atoms with Crippen molar-refractivity contribution >= 4 is 39.2 Å². The summed E-state index contributed by atoms with van der Waals surface area (Å²) in [4.78, 5) is 13.6. The molecule has 1 aliphatic rings. The molecule has 1 unspecified atom stereocenters. The maximum atomic E-state index is 13.3. The number of carbonyl (C=O) groups is 1. The minimum absolute atomic E-state index is 0.0240. The van der Waals surface area contributed by atoms with Gasteiger partial charge in [-0.3, -0.25) is 0 Å². The Bertz CT molecular complexity index is 1270. The van der Waals surface area contributed by atoms with Gasteiger partial charge in [0.15, 0.2) is 0 Å². The van der Waals surface area contributed by atoms with E-state index < -0.39 is 11.6 Å². The summed E-state index contributed by atoms with van der Waals surface area (Å²) in [5.41, 5.74) is 2.20. The molecule has 0 saturated carbocycles. The number of hydrogen-bond acceptors (Lipinski definition) is 6. The van der Waals surface area contributed by atoms with Gasteiger partial charge in [0, 0.05) is 11.1 Å². The number of thiophene rings is 1. The van der Waals surface area contributed by atoms with E-state index in [-0.39, 0.29) is 35.0 Å². The Kier molecular flexibility index (Phi) is 7.37. The molecule has 4 rings (SSSR count). The number of cyclic esters (lactones) is 1. The van der Waals surface area contributed by atoms with Crippen LogP contribution >= 0.6 is 23.1 Å². The van der Waals surface area contributed by atoms with E-state index in [1.807, 2.05) is 50.2 Å². The van der Waals surface area contributed by atoms with E-state index in [4.69, 9.17) is 4.74 Å². The molecule has 0 spiro atoms. The molecule has 0 fully saturated rings. The molecule has 0 radical (unpaired) electrons. The minimum Gasteiger partial charge on any atom is -0.511 e. The topological polar surface area (TPSA) is 66.8 Å². The van der Waals surface area contributed by atoms with Crippen LogP contribution in [0.3, 0.4) is 0 Å². The SMILES string of the molecule is CC(C)C1(CCc2ccccc2CO)CC(O)=C(Sc2sc3ccccc3c2C(C)(C)C)C(=O)O1. The van der Waals surface area contributed by atoms with Crippen LogP contribution in [0.2, 0.25) is 0 Å². The van der Waals surface area contributed by atoms with Crippen molar-refractivity contribution < 1.29 is 19.7 Å². The Balaban J connectivity index is 1.65. The van der Waals surface area contributed by atoms with Crippen LogP contribution in [0.4, 0.5) is 0 Å². The Hall–Kier alpha value is -2.28. The van der Waals surface area contributed by atoms with Crippen molar-refractivity contribution in [1.29, 1.82) is 0 Å². The Morgan fingerprint density at radius 3 is 2.37 bits per heavy atom. The van der Waals surface area contributed by atoms with Gasteiger partial charge in [0.05, 0.1) is 10.8 Å². The predicted molar refractivity (Wildman–Crippen MR) is 145 cm³/mol. The highest BCUT2D eigenvalue weighted by molar-refractivity contribution is 8.05. The summed E-state index contributed by atoms with van der Waals surface area (Å²) < 4.78 is 8.34. The van der Waals surface area contributed by atoms with Crippen molar-refractivity contribution in [2.24, 2.45) is 5.92 Å². The first-order valence-corrected chi connectivity index (χ1v) is 13.7. The highest BCUT2D eigenvalue weighted by Gasteiger charge is 2.45. The molecule has 1 atom stereocenters. The lowest BCUT2D eigenvalue weighted by atomic mass is 9.79. The average molecular weight is 511 g/mol. The number of esters is 1. The van der Waals surface area contributed by atoms with E-state index in [2.05, 4.69) is 32.9 Å². The Morgan fingerprint density at radius 1 is 1.09 bits per heavy atom. The number of carbonyl (C=O) groups excluding carboxylic acids is 1. The number of aryl methyl sites for hydroxylation is 1. The first kappa shape index (κ1) is 25.8. The number of fused-ring (bicyclic) bond motifs is 1. The van der Waals surface area contributed by atoms with Crippen molar-refractivity contribution in [2.75, 3.05) is 0 Å². The van der Waals surface area contributed by atoms with Gasteiger partial charge < -0.3 is 14.9 Å². The van der Waals surface area contributed by atoms with Gasteiger partial charge in [-0.15, -0.1) is 11.3 Å². The van der Waals surface area contributed by atoms with Gasteiger partial charge in [0.25, 0.3) is 0 Å². The van der Waals surface area contributed by atoms with Crippen LogP contribution in [-0.4, -0.2) is 21.8 Å². The zero-order chi connectivity index (χ0) is 25.4. The lowest BCUT2D eigenvalue weighted by molar-refractivity contribution is -0.164. The second-order valence-corrected chi connectivity index (χ2v) is 12.9. The summed E-state index contributed by atoms with van der Waals surface area (Å²) in [7, 11) is 0. The summed E-state index contributed by atoms with van der Waals surface area (Å²) >= 11 is 2.99. The van der Waals surface area contributed by atoms with Crippen molar-refractivity contribution in [2.45, 2.75) is 75.7 Å². The van der Waals surface area contributed by atoms with Crippen molar-refractivity contribution in [3.8, 4) is 0 Å². The van der Waals surface area contributed by atoms with Gasteiger partial charge in [-0.1, -0.05) is 88.8 Å². The number of benzene rings is 2. The van der Waals surface area contributed by atoms with Crippen LogP contribution in [0.15, 0.2) is 63.4 Å². The van der Waals surface area contributed by atoms with E-state index in [0.29, 0.717) is 12.8 Å². The molecule has 6 heteroatoms. The smallest absolute Gasteiger partial charge is 0.349 e. The van der Waals surface area contributed by atoms with E-state index in [9.17, 15) is 15.0 Å². The predicted octanol–water partition coefficient (Wildman–Crippen LogP) is 7.53. The van der Waals surface area contributed by atoms with Gasteiger partial charge in [-0.05, 0) is 52.3 Å². The average Bonchev–Trinajstić information content (AvgIpc) is 3.18. The molecule has 35 heavy (non-hydrogen) atoms. The van der Waals surface area contributed by atoms with E-state index in [1.165, 1.54) is 27.4 Å². The summed E-state index contributed by atoms with van der Waals surface area (Å²) in [6.07, 6.45) is 1.52. The molecule has 0 saturated heterocycles. The molecule has 0 amide bonds. The zero-order valence-electron chi connectivity index (χ0n) is 21.1. The van der Waals surface area contributed by atoms with Crippen LogP contribution in [0.5, 0.6) is 0 Å². The summed E-state index contributed by atoms with van der Waals surface area (Å²) in [6, 6.07) is 16.1. The standard InChI is InChI=1S/C29H34O4S2/c1-18(2)29(15-14-19-10-6-7-11-20(19)17-30)16-22(31)25(26(32)33-29)35-27-24(28(3,4)5)21-12-8-9-13-23(21)34-27/h6-13,18,30-31H,14-17H2,1-5H3. The number of aliphatic hydroxyl groups is 2. The molecule has 1 aliphatic heterocycles. The van der Waals surface area contributed by atoms with E-state index >= 15 is 0 Å². The third-order valence-electron chi connectivity index (χ3n) is 6.88. The molecular formula is C29H34O4S2. The van der Waals surface area contributed by atoms with Crippen LogP contribution in [0.25, 0.3) is 10.1 Å². The van der Waals surface area contributed by atoms with Gasteiger partial charge in [0.1, 0.15) is 16.3 Å². The zero-order valence-corrected chi connectivity index (χ0v) is 22.7. The molecule has 186 valence electrons. The lowest BCUT2D eigenvalue weighted by Gasteiger charge is -2.40. The van der Waals surface area contributed by atoms with Crippen LogP contribution in [0, 0.1) is 5.92 Å². The highest BCUT2D eigenvalue weighted by atomic mass is 32.2. The second kappa shape index (κ2) is 10.00. The molecule has 4 nitrogen and oxygen atoms in total. The summed E-state index contributed by atoms with van der Waals surface area (Å²) in [5, 5.41) is 22.1. The fourth-order valence-electron chi connectivity index (χ4n) is 4.80. The third kappa shape index (κ3) is 5.16. The minimum atomic E-state index is -0.791. The number of rotatable bonds is 7. The van der Waals surface area contributed by atoms with E-state index in [1.54, 1.807) is 11.3 Å². The molecule has 3 aromatic rings. The van der Waals surface area contributed by atoms with Crippen LogP contribution in [0.1, 0.15) is 64.2 Å². The number of thioether (sulfide) groups is 1. The quantitative estimate of drug-likeness (QED) is 0.322. The van der Waals surface area contributed by atoms with Gasteiger partial charge in [0.2, 0.25) is 0 Å². The largest absolute Gasteiger partial charge is 0.511 e. The number of hydrogen-bond donors (Lipinski definition) is 2. The summed E-state index contributed by atoms with van der Waals surface area (Å²) in [5.74, 6) is -0.330.